The molecule has 0 saturated heterocycles. The van der Waals surface area contributed by atoms with E-state index in [0.717, 1.165) is 23.3 Å². The molecule has 4 nitrogen and oxygen atoms in total. The molecule has 186 valence electrons. The number of rotatable bonds is 9. The van der Waals surface area contributed by atoms with E-state index in [0.29, 0.717) is 11.1 Å². The van der Waals surface area contributed by atoms with Crippen LogP contribution in [-0.2, 0) is 40.4 Å². The molecule has 36 heavy (non-hydrogen) atoms. The van der Waals surface area contributed by atoms with Gasteiger partial charge in [0.1, 0.15) is 5.78 Å². The summed E-state index contributed by atoms with van der Waals surface area (Å²) in [4.78, 5) is 12.9. The quantitative estimate of drug-likeness (QED) is 0.278. The van der Waals surface area contributed by atoms with Gasteiger partial charge in [-0.05, 0) is 62.8 Å². The molecule has 1 aromatic heterocycles. The van der Waals surface area contributed by atoms with Crippen LogP contribution in [-0.4, -0.2) is 14.2 Å². The normalized spacial score (nSPS) is 12.0. The molecule has 0 radical (unpaired) electrons. The van der Waals surface area contributed by atoms with Crippen LogP contribution in [0.25, 0.3) is 11.1 Å². The zero-order valence-corrected chi connectivity index (χ0v) is 20.6. The minimum atomic E-state index is -4.50. The first kappa shape index (κ1) is 25.8. The van der Waals surface area contributed by atoms with Crippen molar-refractivity contribution in [1.82, 2.24) is 4.72 Å². The molecule has 3 aromatic carbocycles. The molecule has 0 fully saturated rings. The summed E-state index contributed by atoms with van der Waals surface area (Å²) in [7, 11) is -3.87. The lowest BCUT2D eigenvalue weighted by molar-refractivity contribution is -0.137. The molecule has 0 atom stereocenters. The highest BCUT2D eigenvalue weighted by Crippen LogP contribution is 2.31. The molecule has 1 N–H and O–H groups in total. The summed E-state index contributed by atoms with van der Waals surface area (Å²) in [5.41, 5.74) is 2.27. The number of carbonyl (C=O) groups is 1. The van der Waals surface area contributed by atoms with Crippen molar-refractivity contribution >= 4 is 27.1 Å². The number of hydrogen-bond donors (Lipinski definition) is 1. The van der Waals surface area contributed by atoms with Crippen molar-refractivity contribution in [2.75, 3.05) is 0 Å². The van der Waals surface area contributed by atoms with E-state index in [1.165, 1.54) is 35.6 Å². The van der Waals surface area contributed by atoms with Gasteiger partial charge in [-0.2, -0.15) is 24.5 Å². The maximum atomic E-state index is 13.0. The van der Waals surface area contributed by atoms with Gasteiger partial charge >= 0.3 is 6.18 Å². The zero-order chi connectivity index (χ0) is 25.8. The highest BCUT2D eigenvalue weighted by molar-refractivity contribution is 7.89. The smallest absolute Gasteiger partial charge is 0.299 e. The second-order valence-electron chi connectivity index (χ2n) is 8.23. The standard InChI is InChI=1S/C27H22F3NO3S2/c28-27(29,30)23-8-4-7-20(13-23)14-24(32)15-22-16-25(9-10-26(22)21-11-12-35-18-21)36(33,34)31-17-19-5-2-1-3-6-19/h1-13,16,18,31H,14-15,17H2. The maximum absolute atomic E-state index is 13.0. The van der Waals surface area contributed by atoms with Crippen LogP contribution >= 0.6 is 11.3 Å². The molecule has 0 bridgehead atoms. The van der Waals surface area contributed by atoms with Crippen molar-refractivity contribution in [1.29, 1.82) is 0 Å². The highest BCUT2D eigenvalue weighted by Gasteiger charge is 2.30. The fraction of sp³-hybridized carbons (Fsp3) is 0.148. The number of carbonyl (C=O) groups excluding carboxylic acids is 1. The van der Waals surface area contributed by atoms with Gasteiger partial charge in [0.05, 0.1) is 10.5 Å². The largest absolute Gasteiger partial charge is 0.416 e. The van der Waals surface area contributed by atoms with Crippen molar-refractivity contribution in [3.63, 3.8) is 0 Å². The monoisotopic (exact) mass is 529 g/mol. The van der Waals surface area contributed by atoms with Gasteiger partial charge in [-0.15, -0.1) is 0 Å². The first-order chi connectivity index (χ1) is 17.1. The van der Waals surface area contributed by atoms with Gasteiger partial charge in [0.2, 0.25) is 10.0 Å². The molecule has 4 rings (SSSR count). The number of nitrogens with one attached hydrogen (secondary N) is 1. The van der Waals surface area contributed by atoms with Gasteiger partial charge in [-0.1, -0.05) is 54.6 Å². The van der Waals surface area contributed by atoms with E-state index in [9.17, 15) is 26.4 Å². The van der Waals surface area contributed by atoms with E-state index < -0.39 is 21.8 Å². The molecule has 9 heteroatoms. The van der Waals surface area contributed by atoms with Gasteiger partial charge in [0.25, 0.3) is 0 Å². The van der Waals surface area contributed by atoms with Crippen LogP contribution in [0.2, 0.25) is 0 Å². The van der Waals surface area contributed by atoms with E-state index in [1.807, 2.05) is 35.0 Å². The first-order valence-electron chi connectivity index (χ1n) is 11.0. The van der Waals surface area contributed by atoms with E-state index in [4.69, 9.17) is 0 Å². The third kappa shape index (κ3) is 6.48. The van der Waals surface area contributed by atoms with Gasteiger partial charge < -0.3 is 0 Å². The number of halogens is 3. The molecular weight excluding hydrogens is 507 g/mol. The number of Topliss-reactive ketones (excluding diaryl/α,β-unsaturated/α-hetero) is 1. The Hall–Kier alpha value is -3.27. The lowest BCUT2D eigenvalue weighted by Gasteiger charge is -2.13. The van der Waals surface area contributed by atoms with Gasteiger partial charge in [-0.3, -0.25) is 4.79 Å². The van der Waals surface area contributed by atoms with E-state index in [2.05, 4.69) is 4.72 Å². The molecule has 1 heterocycles. The molecule has 0 amide bonds. The van der Waals surface area contributed by atoms with Crippen LogP contribution in [0.3, 0.4) is 0 Å². The van der Waals surface area contributed by atoms with E-state index >= 15 is 0 Å². The second-order valence-corrected chi connectivity index (χ2v) is 10.8. The number of hydrogen-bond acceptors (Lipinski definition) is 4. The van der Waals surface area contributed by atoms with E-state index in [1.54, 1.807) is 18.2 Å². The number of benzene rings is 3. The highest BCUT2D eigenvalue weighted by atomic mass is 32.2. The molecule has 0 aliphatic rings. The molecular formula is C27H22F3NO3S2. The number of ketones is 1. The Morgan fingerprint density at radius 2 is 1.61 bits per heavy atom. The molecule has 0 aliphatic carbocycles. The molecule has 4 aromatic rings. The molecule has 0 unspecified atom stereocenters. The summed E-state index contributed by atoms with van der Waals surface area (Å²) in [5, 5.41) is 3.76. The average Bonchev–Trinajstić information content (AvgIpc) is 3.38. The Kier molecular flexibility index (Phi) is 7.73. The number of alkyl halides is 3. The van der Waals surface area contributed by atoms with Gasteiger partial charge in [0.15, 0.2) is 0 Å². The Morgan fingerprint density at radius 3 is 2.31 bits per heavy atom. The third-order valence-electron chi connectivity index (χ3n) is 5.57. The minimum Gasteiger partial charge on any atom is -0.299 e. The second kappa shape index (κ2) is 10.8. The summed E-state index contributed by atoms with van der Waals surface area (Å²) in [6, 6.07) is 20.2. The van der Waals surface area contributed by atoms with Gasteiger partial charge in [-0.25, -0.2) is 13.1 Å². The summed E-state index contributed by atoms with van der Waals surface area (Å²) < 4.78 is 67.6. The van der Waals surface area contributed by atoms with Crippen LogP contribution in [0.15, 0.2) is 94.5 Å². The zero-order valence-electron chi connectivity index (χ0n) is 19.0. The summed E-state index contributed by atoms with van der Waals surface area (Å²) in [6.07, 6.45) is -4.82. The topological polar surface area (TPSA) is 63.2 Å². The first-order valence-corrected chi connectivity index (χ1v) is 13.4. The van der Waals surface area contributed by atoms with Crippen molar-refractivity contribution in [3.05, 3.63) is 112 Å². The van der Waals surface area contributed by atoms with Crippen LogP contribution in [0, 0.1) is 0 Å². The number of sulfonamides is 1. The van der Waals surface area contributed by atoms with Gasteiger partial charge in [0, 0.05) is 19.4 Å². The SMILES string of the molecule is O=C(Cc1cccc(C(F)(F)F)c1)Cc1cc(S(=O)(=O)NCc2ccccc2)ccc1-c1ccsc1. The molecule has 0 aliphatic heterocycles. The number of thiophene rings is 1. The van der Waals surface area contributed by atoms with Crippen LogP contribution in [0.5, 0.6) is 0 Å². The third-order valence-corrected chi connectivity index (χ3v) is 7.65. The predicted octanol–water partition coefficient (Wildman–Crippen LogP) is 6.27. The fourth-order valence-corrected chi connectivity index (χ4v) is 5.52. The van der Waals surface area contributed by atoms with Crippen molar-refractivity contribution in [2.45, 2.75) is 30.5 Å². The molecule has 0 spiro atoms. The summed E-state index contributed by atoms with van der Waals surface area (Å²) in [6.45, 7) is 0.110. The maximum Gasteiger partial charge on any atom is 0.416 e. The minimum absolute atomic E-state index is 0.0132. The van der Waals surface area contributed by atoms with Crippen molar-refractivity contribution in [3.8, 4) is 11.1 Å². The molecule has 0 saturated carbocycles. The fourth-order valence-electron chi connectivity index (χ4n) is 3.80. The Labute approximate surface area is 211 Å². The lowest BCUT2D eigenvalue weighted by atomic mass is 9.95. The van der Waals surface area contributed by atoms with Crippen LogP contribution < -0.4 is 4.72 Å². The Morgan fingerprint density at radius 1 is 0.861 bits per heavy atom. The van der Waals surface area contributed by atoms with Crippen LogP contribution in [0.4, 0.5) is 13.2 Å². The lowest BCUT2D eigenvalue weighted by Crippen LogP contribution is -2.23. The predicted molar refractivity (Wildman–Crippen MR) is 134 cm³/mol. The van der Waals surface area contributed by atoms with Crippen LogP contribution in [0.1, 0.15) is 22.3 Å². The Balaban J connectivity index is 1.59. The van der Waals surface area contributed by atoms with Crippen molar-refractivity contribution < 1.29 is 26.4 Å². The van der Waals surface area contributed by atoms with E-state index in [-0.39, 0.29) is 35.6 Å². The summed E-state index contributed by atoms with van der Waals surface area (Å²) >= 11 is 1.46. The Bertz CT molecular complexity index is 1450. The summed E-state index contributed by atoms with van der Waals surface area (Å²) in [5.74, 6) is -0.322. The average molecular weight is 530 g/mol. The van der Waals surface area contributed by atoms with Crippen molar-refractivity contribution in [2.24, 2.45) is 0 Å².